The lowest BCUT2D eigenvalue weighted by molar-refractivity contribution is 0.486. The molecule has 2 nitrogen and oxygen atoms in total. The fraction of sp³-hybridized carbons (Fsp3) is 0.357. The van der Waals surface area contributed by atoms with Gasteiger partial charge in [-0.05, 0) is 32.4 Å². The van der Waals surface area contributed by atoms with Crippen molar-refractivity contribution < 1.29 is 0 Å². The zero-order valence-corrected chi connectivity index (χ0v) is 13.2. The zero-order chi connectivity index (χ0) is 13.1. The largest absolute Gasteiger partial charge is 0.302 e. The third-order valence-electron chi connectivity index (χ3n) is 2.95. The van der Waals surface area contributed by atoms with Gasteiger partial charge in [0, 0.05) is 21.9 Å². The van der Waals surface area contributed by atoms with Crippen LogP contribution < -0.4 is 5.32 Å². The highest BCUT2D eigenvalue weighted by Crippen LogP contribution is 2.25. The minimum absolute atomic E-state index is 0.261. The molecule has 1 aromatic heterocycles. The van der Waals surface area contributed by atoms with Gasteiger partial charge in [0.25, 0.3) is 0 Å². The Morgan fingerprint density at radius 1 is 1.22 bits per heavy atom. The van der Waals surface area contributed by atoms with Gasteiger partial charge in [0.05, 0.1) is 10.7 Å². The summed E-state index contributed by atoms with van der Waals surface area (Å²) in [6.07, 6.45) is 0. The van der Waals surface area contributed by atoms with E-state index in [1.165, 1.54) is 5.56 Å². The smallest absolute Gasteiger partial charge is 0.0898 e. The quantitative estimate of drug-likeness (QED) is 0.887. The lowest BCUT2D eigenvalue weighted by Crippen LogP contribution is -2.23. The summed E-state index contributed by atoms with van der Waals surface area (Å²) in [5, 5.41) is 6.82. The topological polar surface area (TPSA) is 24.9 Å². The van der Waals surface area contributed by atoms with Crippen molar-refractivity contribution >= 4 is 27.3 Å². The number of aryl methyl sites for hydroxylation is 1. The Bertz CT molecular complexity index is 524. The summed E-state index contributed by atoms with van der Waals surface area (Å²) in [6, 6.07) is 8.87. The number of nitrogens with zero attached hydrogens (tertiary/aromatic N) is 1. The van der Waals surface area contributed by atoms with Gasteiger partial charge in [-0.3, -0.25) is 0 Å². The third-order valence-corrected chi connectivity index (χ3v) is 4.47. The summed E-state index contributed by atoms with van der Waals surface area (Å²) < 4.78 is 1.15. The number of benzene rings is 1. The highest BCUT2D eigenvalue weighted by atomic mass is 79.9. The summed E-state index contributed by atoms with van der Waals surface area (Å²) in [5.41, 5.74) is 2.40. The molecule has 0 fully saturated rings. The molecule has 0 bridgehead atoms. The normalized spacial score (nSPS) is 14.4. The highest BCUT2D eigenvalue weighted by Gasteiger charge is 2.14. The van der Waals surface area contributed by atoms with Gasteiger partial charge in [-0.1, -0.05) is 34.1 Å². The molecule has 18 heavy (non-hydrogen) atoms. The second-order valence-electron chi connectivity index (χ2n) is 4.42. The van der Waals surface area contributed by atoms with E-state index >= 15 is 0 Å². The Morgan fingerprint density at radius 3 is 2.56 bits per heavy atom. The van der Waals surface area contributed by atoms with E-state index in [9.17, 15) is 0 Å². The van der Waals surface area contributed by atoms with Crippen molar-refractivity contribution in [3.05, 3.63) is 50.4 Å². The minimum atomic E-state index is 0.261. The summed E-state index contributed by atoms with van der Waals surface area (Å²) >= 11 is 5.29. The number of halogens is 1. The first-order valence-corrected chi connectivity index (χ1v) is 7.67. The van der Waals surface area contributed by atoms with Gasteiger partial charge in [0.15, 0.2) is 0 Å². The van der Waals surface area contributed by atoms with Crippen LogP contribution in [0, 0.1) is 6.92 Å². The van der Waals surface area contributed by atoms with Crippen LogP contribution in [-0.4, -0.2) is 4.98 Å². The summed E-state index contributed by atoms with van der Waals surface area (Å²) in [7, 11) is 0. The molecule has 2 aromatic rings. The Kier molecular flexibility index (Phi) is 4.54. The average molecular weight is 325 g/mol. The van der Waals surface area contributed by atoms with Crippen LogP contribution in [0.5, 0.6) is 0 Å². The first-order valence-electron chi connectivity index (χ1n) is 6.00. The first kappa shape index (κ1) is 13.7. The maximum atomic E-state index is 4.52. The molecule has 1 N–H and O–H groups in total. The van der Waals surface area contributed by atoms with Crippen molar-refractivity contribution in [2.45, 2.75) is 32.9 Å². The average Bonchev–Trinajstić information content (AvgIpc) is 2.76. The van der Waals surface area contributed by atoms with Crippen molar-refractivity contribution in [3.8, 4) is 0 Å². The SMILES string of the molecule is Cc1nc(C(C)N[C@H](C)c2ccccc2Br)cs1. The zero-order valence-electron chi connectivity index (χ0n) is 10.8. The molecule has 0 aliphatic carbocycles. The Balaban J connectivity index is 2.08. The van der Waals surface area contributed by atoms with Gasteiger partial charge in [-0.15, -0.1) is 11.3 Å². The maximum Gasteiger partial charge on any atom is 0.0898 e. The van der Waals surface area contributed by atoms with Crippen LogP contribution in [0.25, 0.3) is 0 Å². The van der Waals surface area contributed by atoms with E-state index in [0.717, 1.165) is 15.2 Å². The molecular formula is C14H17BrN2S. The molecule has 0 radical (unpaired) electrons. The van der Waals surface area contributed by atoms with Crippen LogP contribution in [0.15, 0.2) is 34.1 Å². The van der Waals surface area contributed by atoms with E-state index in [1.807, 2.05) is 13.0 Å². The van der Waals surface area contributed by atoms with E-state index in [2.05, 4.69) is 63.7 Å². The fourth-order valence-electron chi connectivity index (χ4n) is 1.96. The van der Waals surface area contributed by atoms with Crippen LogP contribution in [-0.2, 0) is 0 Å². The molecule has 0 aliphatic rings. The van der Waals surface area contributed by atoms with Gasteiger partial charge < -0.3 is 5.32 Å². The van der Waals surface area contributed by atoms with E-state index < -0.39 is 0 Å². The van der Waals surface area contributed by atoms with E-state index in [-0.39, 0.29) is 12.1 Å². The molecule has 0 saturated heterocycles. The lowest BCUT2D eigenvalue weighted by atomic mass is 10.1. The van der Waals surface area contributed by atoms with Crippen LogP contribution in [0.2, 0.25) is 0 Å². The van der Waals surface area contributed by atoms with Gasteiger partial charge in [-0.25, -0.2) is 4.98 Å². The molecule has 1 unspecified atom stereocenters. The summed E-state index contributed by atoms with van der Waals surface area (Å²) in [4.78, 5) is 4.52. The molecule has 1 aromatic carbocycles. The Labute approximate surface area is 121 Å². The van der Waals surface area contributed by atoms with Crippen molar-refractivity contribution in [2.75, 3.05) is 0 Å². The van der Waals surface area contributed by atoms with E-state index in [1.54, 1.807) is 11.3 Å². The molecular weight excluding hydrogens is 308 g/mol. The molecule has 0 spiro atoms. The van der Waals surface area contributed by atoms with Crippen molar-refractivity contribution in [1.82, 2.24) is 10.3 Å². The number of hydrogen-bond donors (Lipinski definition) is 1. The molecule has 2 atom stereocenters. The molecule has 0 saturated carbocycles. The number of nitrogens with one attached hydrogen (secondary N) is 1. The predicted molar refractivity (Wildman–Crippen MR) is 81.0 cm³/mol. The standard InChI is InChI=1S/C14H17BrN2S/c1-9(12-6-4-5-7-13(12)15)16-10(2)14-8-18-11(3)17-14/h4-10,16H,1-3H3/t9-,10?/m1/s1. The van der Waals surface area contributed by atoms with E-state index in [0.29, 0.717) is 0 Å². The molecule has 2 rings (SSSR count). The van der Waals surface area contributed by atoms with Crippen LogP contribution in [0.4, 0.5) is 0 Å². The van der Waals surface area contributed by atoms with Gasteiger partial charge in [0.1, 0.15) is 0 Å². The van der Waals surface area contributed by atoms with Crippen molar-refractivity contribution in [1.29, 1.82) is 0 Å². The second kappa shape index (κ2) is 5.95. The number of hydrogen-bond acceptors (Lipinski definition) is 3. The van der Waals surface area contributed by atoms with Crippen molar-refractivity contribution in [2.24, 2.45) is 0 Å². The molecule has 4 heteroatoms. The van der Waals surface area contributed by atoms with Gasteiger partial charge in [0.2, 0.25) is 0 Å². The summed E-state index contributed by atoms with van der Waals surface area (Å²) in [5.74, 6) is 0. The van der Waals surface area contributed by atoms with E-state index in [4.69, 9.17) is 0 Å². The van der Waals surface area contributed by atoms with Crippen LogP contribution in [0.1, 0.15) is 42.2 Å². The third kappa shape index (κ3) is 3.19. The number of rotatable bonds is 4. The molecule has 0 amide bonds. The molecule has 1 heterocycles. The van der Waals surface area contributed by atoms with Gasteiger partial charge in [-0.2, -0.15) is 0 Å². The van der Waals surface area contributed by atoms with Crippen LogP contribution in [0.3, 0.4) is 0 Å². The molecule has 96 valence electrons. The fourth-order valence-corrected chi connectivity index (χ4v) is 3.29. The second-order valence-corrected chi connectivity index (χ2v) is 6.34. The predicted octanol–water partition coefficient (Wildman–Crippen LogP) is 4.63. The number of aromatic nitrogens is 1. The van der Waals surface area contributed by atoms with Crippen LogP contribution >= 0.6 is 27.3 Å². The Hall–Kier alpha value is -0.710. The Morgan fingerprint density at radius 2 is 1.94 bits per heavy atom. The molecule has 0 aliphatic heterocycles. The lowest BCUT2D eigenvalue weighted by Gasteiger charge is -2.20. The number of thiazole rings is 1. The van der Waals surface area contributed by atoms with Crippen molar-refractivity contribution in [3.63, 3.8) is 0 Å². The highest BCUT2D eigenvalue weighted by molar-refractivity contribution is 9.10. The monoisotopic (exact) mass is 324 g/mol. The minimum Gasteiger partial charge on any atom is -0.302 e. The van der Waals surface area contributed by atoms with Gasteiger partial charge >= 0.3 is 0 Å². The first-order chi connectivity index (χ1) is 8.58. The summed E-state index contributed by atoms with van der Waals surface area (Å²) in [6.45, 7) is 6.37. The maximum absolute atomic E-state index is 4.52.